The first kappa shape index (κ1) is 17.0. The maximum atomic E-state index is 12.8. The first-order valence-electron chi connectivity index (χ1n) is 6.62. The SMILES string of the molecule is COc1cc(-c2nn3c(C(F)(F)F)nnc3s2)ccc1OCC(=O)O. The summed E-state index contributed by atoms with van der Waals surface area (Å²) in [4.78, 5) is 10.6. The number of halogens is 3. The zero-order valence-corrected chi connectivity index (χ0v) is 13.3. The number of carboxylic acid groups (broad SMARTS) is 1. The van der Waals surface area contributed by atoms with Gasteiger partial charge in [-0.2, -0.15) is 22.8 Å². The Morgan fingerprint density at radius 1 is 1.32 bits per heavy atom. The van der Waals surface area contributed by atoms with E-state index in [2.05, 4.69) is 15.3 Å². The summed E-state index contributed by atoms with van der Waals surface area (Å²) in [6.45, 7) is -0.554. The van der Waals surface area contributed by atoms with Crippen molar-refractivity contribution in [3.8, 4) is 22.1 Å². The van der Waals surface area contributed by atoms with Crippen molar-refractivity contribution >= 4 is 22.3 Å². The second-order valence-electron chi connectivity index (χ2n) is 4.67. The first-order valence-corrected chi connectivity index (χ1v) is 7.43. The van der Waals surface area contributed by atoms with Crippen molar-refractivity contribution in [1.82, 2.24) is 19.8 Å². The average molecular weight is 374 g/mol. The van der Waals surface area contributed by atoms with Crippen LogP contribution in [-0.4, -0.2) is 44.6 Å². The van der Waals surface area contributed by atoms with Crippen molar-refractivity contribution in [1.29, 1.82) is 0 Å². The molecule has 0 aliphatic heterocycles. The van der Waals surface area contributed by atoms with Gasteiger partial charge in [-0.05, 0) is 18.2 Å². The molecule has 0 aliphatic carbocycles. The van der Waals surface area contributed by atoms with E-state index in [-0.39, 0.29) is 21.5 Å². The predicted octanol–water partition coefficient (Wildman–Crippen LogP) is 2.34. The van der Waals surface area contributed by atoms with Crippen LogP contribution in [0, 0.1) is 0 Å². The Balaban J connectivity index is 1.97. The van der Waals surface area contributed by atoms with Gasteiger partial charge in [-0.25, -0.2) is 4.79 Å². The molecular formula is C13H9F3N4O4S. The number of methoxy groups -OCH3 is 1. The Morgan fingerprint density at radius 2 is 2.08 bits per heavy atom. The molecule has 2 heterocycles. The molecule has 0 spiro atoms. The Bertz CT molecular complexity index is 937. The number of fused-ring (bicyclic) bond motifs is 1. The number of ether oxygens (including phenoxy) is 2. The van der Waals surface area contributed by atoms with Gasteiger partial charge in [0.1, 0.15) is 5.01 Å². The molecule has 0 saturated heterocycles. The summed E-state index contributed by atoms with van der Waals surface area (Å²) in [7, 11) is 1.35. The van der Waals surface area contributed by atoms with E-state index in [0.717, 1.165) is 11.3 Å². The third-order valence-electron chi connectivity index (χ3n) is 3.01. The van der Waals surface area contributed by atoms with Crippen LogP contribution in [0.3, 0.4) is 0 Å². The van der Waals surface area contributed by atoms with Crippen LogP contribution in [0.2, 0.25) is 0 Å². The van der Waals surface area contributed by atoms with Gasteiger partial charge in [0.15, 0.2) is 18.1 Å². The molecule has 0 fully saturated rings. The maximum absolute atomic E-state index is 12.8. The maximum Gasteiger partial charge on any atom is 0.453 e. The van der Waals surface area contributed by atoms with Crippen LogP contribution in [0.5, 0.6) is 11.5 Å². The number of hydrogen-bond donors (Lipinski definition) is 1. The molecule has 0 unspecified atom stereocenters. The molecule has 0 amide bonds. The Kier molecular flexibility index (Phi) is 4.20. The zero-order chi connectivity index (χ0) is 18.2. The van der Waals surface area contributed by atoms with Gasteiger partial charge in [0.05, 0.1) is 7.11 Å². The van der Waals surface area contributed by atoms with E-state index < -0.39 is 24.6 Å². The van der Waals surface area contributed by atoms with E-state index in [9.17, 15) is 18.0 Å². The van der Waals surface area contributed by atoms with Gasteiger partial charge in [0.25, 0.3) is 5.82 Å². The van der Waals surface area contributed by atoms with E-state index in [1.54, 1.807) is 0 Å². The van der Waals surface area contributed by atoms with Crippen molar-refractivity contribution in [3.63, 3.8) is 0 Å². The fourth-order valence-electron chi connectivity index (χ4n) is 1.97. The number of aliphatic carboxylic acids is 1. The Hall–Kier alpha value is -2.89. The van der Waals surface area contributed by atoms with Crippen LogP contribution in [0.25, 0.3) is 15.5 Å². The van der Waals surface area contributed by atoms with E-state index >= 15 is 0 Å². The minimum Gasteiger partial charge on any atom is -0.493 e. The van der Waals surface area contributed by atoms with E-state index in [1.807, 2.05) is 0 Å². The topological polar surface area (TPSA) is 98.8 Å². The van der Waals surface area contributed by atoms with Gasteiger partial charge in [-0.3, -0.25) is 0 Å². The molecule has 3 aromatic rings. The lowest BCUT2D eigenvalue weighted by atomic mass is 10.2. The summed E-state index contributed by atoms with van der Waals surface area (Å²) in [5.41, 5.74) is 0.461. The number of rotatable bonds is 5. The molecule has 25 heavy (non-hydrogen) atoms. The van der Waals surface area contributed by atoms with E-state index in [4.69, 9.17) is 14.6 Å². The van der Waals surface area contributed by atoms with Gasteiger partial charge >= 0.3 is 12.1 Å². The molecule has 0 bridgehead atoms. The summed E-state index contributed by atoms with van der Waals surface area (Å²) in [5, 5.41) is 19.3. The fraction of sp³-hybridized carbons (Fsp3) is 0.231. The monoisotopic (exact) mass is 374 g/mol. The fourth-order valence-corrected chi connectivity index (χ4v) is 2.81. The summed E-state index contributed by atoms with van der Waals surface area (Å²) in [6, 6.07) is 4.46. The van der Waals surface area contributed by atoms with Crippen molar-refractivity contribution < 1.29 is 32.5 Å². The summed E-state index contributed by atoms with van der Waals surface area (Å²) in [6.07, 6.45) is -4.67. The van der Waals surface area contributed by atoms with Crippen LogP contribution in [0.1, 0.15) is 5.82 Å². The van der Waals surface area contributed by atoms with Crippen molar-refractivity contribution in [2.45, 2.75) is 6.18 Å². The molecule has 0 atom stereocenters. The van der Waals surface area contributed by atoms with Crippen LogP contribution < -0.4 is 9.47 Å². The first-order chi connectivity index (χ1) is 11.8. The van der Waals surface area contributed by atoms with Crippen LogP contribution in [-0.2, 0) is 11.0 Å². The molecule has 3 rings (SSSR count). The highest BCUT2D eigenvalue weighted by Crippen LogP contribution is 2.35. The van der Waals surface area contributed by atoms with Gasteiger partial charge in [-0.1, -0.05) is 11.3 Å². The number of carboxylic acids is 1. The summed E-state index contributed by atoms with van der Waals surface area (Å²) >= 11 is 0.918. The highest BCUT2D eigenvalue weighted by molar-refractivity contribution is 7.19. The quantitative estimate of drug-likeness (QED) is 0.732. The Morgan fingerprint density at radius 3 is 2.72 bits per heavy atom. The van der Waals surface area contributed by atoms with Gasteiger partial charge < -0.3 is 14.6 Å². The van der Waals surface area contributed by atoms with E-state index in [0.29, 0.717) is 10.1 Å². The van der Waals surface area contributed by atoms with Gasteiger partial charge in [-0.15, -0.1) is 10.2 Å². The molecule has 12 heteroatoms. The molecule has 2 aromatic heterocycles. The highest BCUT2D eigenvalue weighted by atomic mass is 32.1. The lowest BCUT2D eigenvalue weighted by molar-refractivity contribution is -0.146. The minimum atomic E-state index is -4.67. The molecule has 0 radical (unpaired) electrons. The molecule has 1 N–H and O–H groups in total. The molecule has 0 saturated carbocycles. The standard InChI is InChI=1S/C13H9F3N4O4S/c1-23-8-4-6(2-3-7(8)24-5-9(21)22)10-19-20-11(13(14,15)16)17-18-12(20)25-10/h2-4H,5H2,1H3,(H,21,22). The molecule has 8 nitrogen and oxygen atoms in total. The van der Waals surface area contributed by atoms with Crippen molar-refractivity contribution in [2.75, 3.05) is 13.7 Å². The van der Waals surface area contributed by atoms with Crippen molar-refractivity contribution in [3.05, 3.63) is 24.0 Å². The number of carbonyl (C=O) groups is 1. The number of benzene rings is 1. The van der Waals surface area contributed by atoms with Crippen LogP contribution in [0.4, 0.5) is 13.2 Å². The molecule has 132 valence electrons. The lowest BCUT2D eigenvalue weighted by Crippen LogP contribution is -2.11. The third-order valence-corrected chi connectivity index (χ3v) is 3.95. The largest absolute Gasteiger partial charge is 0.493 e. The minimum absolute atomic E-state index is 0.00695. The number of alkyl halides is 3. The van der Waals surface area contributed by atoms with Crippen LogP contribution in [0.15, 0.2) is 18.2 Å². The molecule has 1 aromatic carbocycles. The van der Waals surface area contributed by atoms with E-state index in [1.165, 1.54) is 25.3 Å². The lowest BCUT2D eigenvalue weighted by Gasteiger charge is -2.09. The van der Waals surface area contributed by atoms with Crippen LogP contribution >= 0.6 is 11.3 Å². The Labute approximate surface area is 141 Å². The number of hydrogen-bond acceptors (Lipinski definition) is 7. The zero-order valence-electron chi connectivity index (χ0n) is 12.4. The summed E-state index contributed by atoms with van der Waals surface area (Å²) < 4.78 is 49.3. The molecular weight excluding hydrogens is 365 g/mol. The second-order valence-corrected chi connectivity index (χ2v) is 5.63. The smallest absolute Gasteiger partial charge is 0.453 e. The highest BCUT2D eigenvalue weighted by Gasteiger charge is 2.38. The normalized spacial score (nSPS) is 11.7. The third kappa shape index (κ3) is 3.33. The summed E-state index contributed by atoms with van der Waals surface area (Å²) in [5.74, 6) is -1.95. The van der Waals surface area contributed by atoms with Crippen molar-refractivity contribution in [2.24, 2.45) is 0 Å². The average Bonchev–Trinajstić information content (AvgIpc) is 3.11. The second kappa shape index (κ2) is 6.20. The van der Waals surface area contributed by atoms with Gasteiger partial charge in [0, 0.05) is 5.56 Å². The number of aromatic nitrogens is 4. The molecule has 0 aliphatic rings. The number of nitrogens with zero attached hydrogens (tertiary/aromatic N) is 4. The van der Waals surface area contributed by atoms with Gasteiger partial charge in [0.2, 0.25) is 4.96 Å². The predicted molar refractivity (Wildman–Crippen MR) is 78.8 cm³/mol.